The lowest BCUT2D eigenvalue weighted by molar-refractivity contribution is 0.0695. The molecule has 2 heterocycles. The van der Waals surface area contributed by atoms with Gasteiger partial charge in [-0.15, -0.1) is 0 Å². The van der Waals surface area contributed by atoms with Crippen LogP contribution in [0.3, 0.4) is 0 Å². The zero-order valence-corrected chi connectivity index (χ0v) is 9.51. The normalized spacial score (nSPS) is 10.7. The number of aromatic nitrogens is 2. The van der Waals surface area contributed by atoms with Crippen LogP contribution in [0.25, 0.3) is 0 Å². The molecule has 0 radical (unpaired) electrons. The molecule has 6 heteroatoms. The summed E-state index contributed by atoms with van der Waals surface area (Å²) in [5.41, 5.74) is -0.0418. The number of carboxylic acids is 1. The van der Waals surface area contributed by atoms with Gasteiger partial charge in [0.15, 0.2) is 0 Å². The second kappa shape index (κ2) is 3.97. The van der Waals surface area contributed by atoms with Crippen molar-refractivity contribution < 1.29 is 14.3 Å². The van der Waals surface area contributed by atoms with Gasteiger partial charge in [-0.2, -0.15) is 0 Å². The van der Waals surface area contributed by atoms with Gasteiger partial charge in [0.25, 0.3) is 0 Å². The molecule has 0 saturated heterocycles. The maximum absolute atomic E-state index is 11.6. The highest BCUT2D eigenvalue weighted by atomic mass is 16.4. The van der Waals surface area contributed by atoms with Crippen LogP contribution in [0.4, 0.5) is 0 Å². The van der Waals surface area contributed by atoms with Crippen molar-refractivity contribution in [1.82, 2.24) is 9.13 Å². The Hall–Kier alpha value is -2.24. The third-order valence-electron chi connectivity index (χ3n) is 2.54. The number of imidazole rings is 1. The number of carbonyl (C=O) groups is 1. The van der Waals surface area contributed by atoms with Gasteiger partial charge in [-0.3, -0.25) is 4.57 Å². The largest absolute Gasteiger partial charge is 0.478 e. The van der Waals surface area contributed by atoms with Crippen molar-refractivity contribution in [3.63, 3.8) is 0 Å². The molecule has 0 atom stereocenters. The molecular weight excluding hydrogens is 224 g/mol. The Morgan fingerprint density at radius 1 is 1.47 bits per heavy atom. The first-order valence-corrected chi connectivity index (χ1v) is 5.03. The Balaban J connectivity index is 2.31. The standard InChI is InChI=1S/C11H12N2O4/c1-7-9(10(14)15)5-8(17-7)6-13-4-3-12(2)11(13)16/h3-5H,6H2,1-2H3,(H,14,15). The van der Waals surface area contributed by atoms with Gasteiger partial charge in [0.1, 0.15) is 17.1 Å². The SMILES string of the molecule is Cc1oc(Cn2ccn(C)c2=O)cc1C(=O)O. The Labute approximate surface area is 96.7 Å². The van der Waals surface area contributed by atoms with Crippen LogP contribution in [0.5, 0.6) is 0 Å². The van der Waals surface area contributed by atoms with Gasteiger partial charge in [0.2, 0.25) is 0 Å². The first-order valence-electron chi connectivity index (χ1n) is 5.03. The molecule has 0 unspecified atom stereocenters. The lowest BCUT2D eigenvalue weighted by Gasteiger charge is -1.96. The fourth-order valence-electron chi connectivity index (χ4n) is 1.63. The highest BCUT2D eigenvalue weighted by Crippen LogP contribution is 2.15. The molecule has 2 aromatic heterocycles. The number of aromatic carboxylic acids is 1. The molecular formula is C11H12N2O4. The van der Waals surface area contributed by atoms with Gasteiger partial charge in [-0.1, -0.05) is 0 Å². The maximum atomic E-state index is 11.6. The van der Waals surface area contributed by atoms with Crippen LogP contribution >= 0.6 is 0 Å². The summed E-state index contributed by atoms with van der Waals surface area (Å²) in [7, 11) is 1.65. The minimum Gasteiger partial charge on any atom is -0.478 e. The number of furan rings is 1. The van der Waals surface area contributed by atoms with E-state index in [4.69, 9.17) is 9.52 Å². The van der Waals surface area contributed by atoms with Crippen LogP contribution in [0.1, 0.15) is 21.9 Å². The molecule has 6 nitrogen and oxygen atoms in total. The summed E-state index contributed by atoms with van der Waals surface area (Å²) in [4.78, 5) is 22.4. The minimum absolute atomic E-state index is 0.129. The third-order valence-corrected chi connectivity index (χ3v) is 2.54. The zero-order chi connectivity index (χ0) is 12.6. The molecule has 0 saturated carbocycles. The summed E-state index contributed by atoms with van der Waals surface area (Å²) in [6.45, 7) is 1.81. The van der Waals surface area contributed by atoms with Crippen molar-refractivity contribution in [2.24, 2.45) is 7.05 Å². The van der Waals surface area contributed by atoms with Crippen molar-refractivity contribution in [3.05, 3.63) is 46.0 Å². The maximum Gasteiger partial charge on any atom is 0.339 e. The number of carboxylic acid groups (broad SMARTS) is 1. The van der Waals surface area contributed by atoms with E-state index in [1.54, 1.807) is 26.4 Å². The van der Waals surface area contributed by atoms with Gasteiger partial charge < -0.3 is 14.1 Å². The molecule has 90 valence electrons. The summed E-state index contributed by atoms with van der Waals surface area (Å²) < 4.78 is 8.18. The van der Waals surface area contributed by atoms with E-state index in [1.165, 1.54) is 15.2 Å². The summed E-state index contributed by atoms with van der Waals surface area (Å²) in [6, 6.07) is 1.44. The Kier molecular flexibility index (Phi) is 2.63. The first kappa shape index (κ1) is 11.3. The lowest BCUT2D eigenvalue weighted by Crippen LogP contribution is -2.22. The minimum atomic E-state index is -1.03. The molecule has 0 aliphatic carbocycles. The van der Waals surface area contributed by atoms with Crippen LogP contribution < -0.4 is 5.69 Å². The van der Waals surface area contributed by atoms with E-state index in [1.807, 2.05) is 0 Å². The van der Waals surface area contributed by atoms with Gasteiger partial charge in [0, 0.05) is 19.4 Å². The molecule has 0 spiro atoms. The van der Waals surface area contributed by atoms with E-state index in [9.17, 15) is 9.59 Å². The summed E-state index contributed by atoms with van der Waals surface area (Å²) >= 11 is 0. The number of rotatable bonds is 3. The quantitative estimate of drug-likeness (QED) is 0.856. The second-order valence-electron chi connectivity index (χ2n) is 3.81. The van der Waals surface area contributed by atoms with Crippen molar-refractivity contribution in [3.8, 4) is 0 Å². The van der Waals surface area contributed by atoms with Gasteiger partial charge in [0.05, 0.1) is 6.54 Å². The van der Waals surface area contributed by atoms with E-state index in [2.05, 4.69) is 0 Å². The molecule has 0 fully saturated rings. The first-order chi connectivity index (χ1) is 7.99. The van der Waals surface area contributed by atoms with Crippen molar-refractivity contribution in [1.29, 1.82) is 0 Å². The Morgan fingerprint density at radius 2 is 2.18 bits per heavy atom. The second-order valence-corrected chi connectivity index (χ2v) is 3.81. The van der Waals surface area contributed by atoms with Gasteiger partial charge in [-0.25, -0.2) is 9.59 Å². The van der Waals surface area contributed by atoms with Crippen molar-refractivity contribution >= 4 is 5.97 Å². The fraction of sp³-hybridized carbons (Fsp3) is 0.273. The summed E-state index contributed by atoms with van der Waals surface area (Å²) in [6.07, 6.45) is 3.26. The van der Waals surface area contributed by atoms with Crippen LogP contribution in [-0.2, 0) is 13.6 Å². The molecule has 0 aliphatic heterocycles. The molecule has 2 rings (SSSR count). The molecule has 0 aromatic carbocycles. The summed E-state index contributed by atoms with van der Waals surface area (Å²) in [5, 5.41) is 8.87. The molecule has 0 aliphatic rings. The van der Waals surface area contributed by atoms with E-state index in [0.29, 0.717) is 11.5 Å². The van der Waals surface area contributed by atoms with Gasteiger partial charge in [-0.05, 0) is 13.0 Å². The lowest BCUT2D eigenvalue weighted by atomic mass is 10.2. The number of aryl methyl sites for hydroxylation is 2. The molecule has 0 bridgehead atoms. The predicted octanol–water partition coefficient (Wildman–Crippen LogP) is 0.835. The number of hydrogen-bond donors (Lipinski definition) is 1. The zero-order valence-electron chi connectivity index (χ0n) is 9.51. The number of nitrogens with zero attached hydrogens (tertiary/aromatic N) is 2. The highest BCUT2D eigenvalue weighted by Gasteiger charge is 2.14. The molecule has 17 heavy (non-hydrogen) atoms. The topological polar surface area (TPSA) is 77.4 Å². The van der Waals surface area contributed by atoms with E-state index < -0.39 is 5.97 Å². The molecule has 1 N–H and O–H groups in total. The van der Waals surface area contributed by atoms with Gasteiger partial charge >= 0.3 is 11.7 Å². The number of hydrogen-bond acceptors (Lipinski definition) is 3. The smallest absolute Gasteiger partial charge is 0.339 e. The van der Waals surface area contributed by atoms with Crippen LogP contribution in [0, 0.1) is 6.92 Å². The average Bonchev–Trinajstić information content (AvgIpc) is 2.76. The third kappa shape index (κ3) is 2.01. The fourth-order valence-corrected chi connectivity index (χ4v) is 1.63. The predicted molar refractivity (Wildman–Crippen MR) is 59.2 cm³/mol. The monoisotopic (exact) mass is 236 g/mol. The summed E-state index contributed by atoms with van der Waals surface area (Å²) in [5.74, 6) is -0.234. The van der Waals surface area contributed by atoms with Crippen molar-refractivity contribution in [2.75, 3.05) is 0 Å². The van der Waals surface area contributed by atoms with Crippen LogP contribution in [-0.4, -0.2) is 20.2 Å². The van der Waals surface area contributed by atoms with Crippen LogP contribution in [0.2, 0.25) is 0 Å². The van der Waals surface area contributed by atoms with E-state index in [-0.39, 0.29) is 17.8 Å². The molecule has 2 aromatic rings. The van der Waals surface area contributed by atoms with E-state index >= 15 is 0 Å². The molecule has 0 amide bonds. The van der Waals surface area contributed by atoms with Crippen LogP contribution in [0.15, 0.2) is 27.7 Å². The Bertz CT molecular complexity index is 618. The average molecular weight is 236 g/mol. The highest BCUT2D eigenvalue weighted by molar-refractivity contribution is 5.88. The Morgan fingerprint density at radius 3 is 2.65 bits per heavy atom. The van der Waals surface area contributed by atoms with E-state index in [0.717, 1.165) is 0 Å². The van der Waals surface area contributed by atoms with Crippen molar-refractivity contribution in [2.45, 2.75) is 13.5 Å².